The topological polar surface area (TPSA) is 110 Å². The van der Waals surface area contributed by atoms with Crippen LogP contribution in [-0.2, 0) is 19.6 Å². The molecule has 0 aromatic heterocycles. The van der Waals surface area contributed by atoms with Crippen molar-refractivity contribution < 1.29 is 18.0 Å². The van der Waals surface area contributed by atoms with E-state index in [2.05, 4.69) is 5.32 Å². The Balaban J connectivity index is 2.56. The maximum absolute atomic E-state index is 12.6. The average molecular weight is 297 g/mol. The molecule has 0 spiro atoms. The molecular formula is C12H15N3O4S. The minimum atomic E-state index is -4.04. The van der Waals surface area contributed by atoms with Crippen molar-refractivity contribution >= 4 is 27.5 Å². The van der Waals surface area contributed by atoms with Crippen molar-refractivity contribution in [3.8, 4) is 0 Å². The fourth-order valence-corrected chi connectivity index (χ4v) is 3.80. The molecule has 1 aliphatic heterocycles. The van der Waals surface area contributed by atoms with Crippen LogP contribution in [0, 0.1) is 0 Å². The Bertz CT molecular complexity index is 682. The van der Waals surface area contributed by atoms with Crippen LogP contribution in [0.2, 0.25) is 0 Å². The molecule has 1 heterocycles. The predicted molar refractivity (Wildman–Crippen MR) is 72.0 cm³/mol. The van der Waals surface area contributed by atoms with Crippen LogP contribution in [0.3, 0.4) is 0 Å². The van der Waals surface area contributed by atoms with E-state index in [0.29, 0.717) is 0 Å². The first-order chi connectivity index (χ1) is 9.17. The number of hydrogen-bond donors (Lipinski definition) is 2. The van der Waals surface area contributed by atoms with Gasteiger partial charge in [0.1, 0.15) is 10.4 Å². The van der Waals surface area contributed by atoms with Crippen molar-refractivity contribution in [2.24, 2.45) is 0 Å². The lowest BCUT2D eigenvalue weighted by molar-refractivity contribution is -0.141. The highest BCUT2D eigenvalue weighted by atomic mass is 32.2. The number of nitrogens with one attached hydrogen (secondary N) is 1. The van der Waals surface area contributed by atoms with Crippen molar-refractivity contribution in [1.29, 1.82) is 0 Å². The average Bonchev–Trinajstić information content (AvgIpc) is 2.34. The number of benzene rings is 1. The molecule has 7 nitrogen and oxygen atoms in total. The number of carbonyl (C=O) groups is 2. The number of carbonyl (C=O) groups excluding carboxylic acids is 2. The number of imide groups is 1. The van der Waals surface area contributed by atoms with Crippen LogP contribution < -0.4 is 11.1 Å². The van der Waals surface area contributed by atoms with Crippen LogP contribution in [0.5, 0.6) is 0 Å². The molecule has 2 amide bonds. The zero-order valence-electron chi connectivity index (χ0n) is 11.1. The van der Waals surface area contributed by atoms with Gasteiger partial charge in [-0.15, -0.1) is 0 Å². The van der Waals surface area contributed by atoms with Crippen LogP contribution in [0.4, 0.5) is 5.69 Å². The van der Waals surface area contributed by atoms with Gasteiger partial charge in [-0.25, -0.2) is 8.42 Å². The van der Waals surface area contributed by atoms with E-state index >= 15 is 0 Å². The van der Waals surface area contributed by atoms with Crippen molar-refractivity contribution in [3.05, 3.63) is 24.3 Å². The highest BCUT2D eigenvalue weighted by Crippen LogP contribution is 2.29. The number of nitrogen functional groups attached to an aromatic ring is 1. The van der Waals surface area contributed by atoms with E-state index in [0.717, 1.165) is 4.31 Å². The molecule has 8 heteroatoms. The molecule has 1 aromatic carbocycles. The van der Waals surface area contributed by atoms with Gasteiger partial charge in [0, 0.05) is 0 Å². The number of sulfonamides is 1. The number of piperazine rings is 1. The zero-order chi connectivity index (χ0) is 15.1. The first kappa shape index (κ1) is 14.5. The lowest BCUT2D eigenvalue weighted by Gasteiger charge is -2.38. The molecule has 0 unspecified atom stereocenters. The maximum atomic E-state index is 12.6. The Morgan fingerprint density at radius 2 is 1.85 bits per heavy atom. The third-order valence-corrected chi connectivity index (χ3v) is 5.30. The summed E-state index contributed by atoms with van der Waals surface area (Å²) in [5.41, 5.74) is 4.38. The summed E-state index contributed by atoms with van der Waals surface area (Å²) in [6.45, 7) is 2.45. The first-order valence-electron chi connectivity index (χ1n) is 5.89. The first-order valence-corrected chi connectivity index (χ1v) is 7.33. The number of para-hydroxylation sites is 1. The van der Waals surface area contributed by atoms with E-state index in [1.807, 2.05) is 0 Å². The molecule has 0 aliphatic carbocycles. The summed E-state index contributed by atoms with van der Waals surface area (Å²) in [5, 5.41) is 2.12. The van der Waals surface area contributed by atoms with E-state index in [1.54, 1.807) is 6.07 Å². The third kappa shape index (κ3) is 2.16. The molecule has 3 N–H and O–H groups in total. The molecule has 1 aromatic rings. The Hall–Kier alpha value is -1.93. The van der Waals surface area contributed by atoms with Crippen LogP contribution in [-0.4, -0.2) is 36.6 Å². The third-order valence-electron chi connectivity index (χ3n) is 3.21. The molecule has 1 fully saturated rings. The van der Waals surface area contributed by atoms with Gasteiger partial charge in [-0.1, -0.05) is 12.1 Å². The zero-order valence-corrected chi connectivity index (χ0v) is 11.9. The van der Waals surface area contributed by atoms with E-state index in [1.165, 1.54) is 32.0 Å². The van der Waals surface area contributed by atoms with E-state index in [-0.39, 0.29) is 10.6 Å². The summed E-state index contributed by atoms with van der Waals surface area (Å²) in [5.74, 6) is -1.32. The van der Waals surface area contributed by atoms with Crippen LogP contribution >= 0.6 is 0 Å². The number of hydrogen-bond acceptors (Lipinski definition) is 5. The quantitative estimate of drug-likeness (QED) is 0.575. The second-order valence-electron chi connectivity index (χ2n) is 4.99. The van der Waals surface area contributed by atoms with Crippen LogP contribution in [0.1, 0.15) is 13.8 Å². The summed E-state index contributed by atoms with van der Waals surface area (Å²) in [7, 11) is -4.04. The molecule has 0 saturated carbocycles. The van der Waals surface area contributed by atoms with Gasteiger partial charge >= 0.3 is 0 Å². The van der Waals surface area contributed by atoms with E-state index < -0.39 is 33.9 Å². The predicted octanol–water partition coefficient (Wildman–Crippen LogP) is -0.305. The van der Waals surface area contributed by atoms with Gasteiger partial charge < -0.3 is 5.73 Å². The SMILES string of the molecule is CC1(C)C(=O)NC(=O)CN1S(=O)(=O)c1ccccc1N. The van der Waals surface area contributed by atoms with Gasteiger partial charge in [0.15, 0.2) is 0 Å². The lowest BCUT2D eigenvalue weighted by Crippen LogP contribution is -2.65. The van der Waals surface area contributed by atoms with E-state index in [4.69, 9.17) is 5.73 Å². The Morgan fingerprint density at radius 3 is 2.45 bits per heavy atom. The Labute approximate surface area is 116 Å². The molecule has 2 rings (SSSR count). The second-order valence-corrected chi connectivity index (χ2v) is 6.82. The van der Waals surface area contributed by atoms with E-state index in [9.17, 15) is 18.0 Å². The summed E-state index contributed by atoms with van der Waals surface area (Å²) >= 11 is 0. The monoisotopic (exact) mass is 297 g/mol. The molecule has 0 atom stereocenters. The molecule has 108 valence electrons. The van der Waals surface area contributed by atoms with Crippen molar-refractivity contribution in [3.63, 3.8) is 0 Å². The van der Waals surface area contributed by atoms with Crippen molar-refractivity contribution in [1.82, 2.24) is 9.62 Å². The number of amides is 2. The van der Waals surface area contributed by atoms with Gasteiger partial charge in [0.2, 0.25) is 21.8 Å². The fraction of sp³-hybridized carbons (Fsp3) is 0.333. The Kier molecular flexibility index (Phi) is 3.31. The number of anilines is 1. The molecule has 0 bridgehead atoms. The minimum Gasteiger partial charge on any atom is -0.398 e. The summed E-state index contributed by atoms with van der Waals surface area (Å²) in [6.07, 6.45) is 0. The van der Waals surface area contributed by atoms with Crippen molar-refractivity contribution in [2.45, 2.75) is 24.3 Å². The minimum absolute atomic E-state index is 0.0710. The number of nitrogens with zero attached hydrogens (tertiary/aromatic N) is 1. The highest BCUT2D eigenvalue weighted by molar-refractivity contribution is 7.89. The molecule has 20 heavy (non-hydrogen) atoms. The lowest BCUT2D eigenvalue weighted by atomic mass is 10.0. The Morgan fingerprint density at radius 1 is 1.25 bits per heavy atom. The van der Waals surface area contributed by atoms with Crippen molar-refractivity contribution in [2.75, 3.05) is 12.3 Å². The van der Waals surface area contributed by atoms with Gasteiger partial charge in [0.05, 0.1) is 12.2 Å². The summed E-state index contributed by atoms with van der Waals surface area (Å²) in [4.78, 5) is 23.2. The van der Waals surface area contributed by atoms with Gasteiger partial charge in [-0.3, -0.25) is 14.9 Å². The van der Waals surface area contributed by atoms with Gasteiger partial charge in [0.25, 0.3) is 0 Å². The standard InChI is InChI=1S/C12H15N3O4S/c1-12(2)11(17)14-10(16)7-15(12)20(18,19)9-6-4-3-5-8(9)13/h3-6H,7,13H2,1-2H3,(H,14,16,17). The summed E-state index contributed by atoms with van der Waals surface area (Å²) in [6, 6.07) is 5.93. The van der Waals surface area contributed by atoms with Crippen LogP contribution in [0.25, 0.3) is 0 Å². The summed E-state index contributed by atoms with van der Waals surface area (Å²) < 4.78 is 26.1. The highest BCUT2D eigenvalue weighted by Gasteiger charge is 2.47. The molecular weight excluding hydrogens is 282 g/mol. The number of nitrogens with two attached hydrogens (primary N) is 1. The maximum Gasteiger partial charge on any atom is 0.247 e. The smallest absolute Gasteiger partial charge is 0.247 e. The fourth-order valence-electron chi connectivity index (χ4n) is 1.98. The normalized spacial score (nSPS) is 19.7. The van der Waals surface area contributed by atoms with Gasteiger partial charge in [-0.05, 0) is 26.0 Å². The van der Waals surface area contributed by atoms with Crippen LogP contribution in [0.15, 0.2) is 29.2 Å². The number of rotatable bonds is 2. The molecule has 1 saturated heterocycles. The van der Waals surface area contributed by atoms with Gasteiger partial charge in [-0.2, -0.15) is 4.31 Å². The molecule has 0 radical (unpaired) electrons. The second kappa shape index (κ2) is 4.57. The largest absolute Gasteiger partial charge is 0.398 e. The molecule has 1 aliphatic rings.